The molecule has 94 valence electrons. The van der Waals surface area contributed by atoms with Crippen LogP contribution in [-0.2, 0) is 0 Å². The van der Waals surface area contributed by atoms with Gasteiger partial charge in [-0.15, -0.1) is 0 Å². The number of para-hydroxylation sites is 1. The van der Waals surface area contributed by atoms with E-state index in [1.807, 2.05) is 12.1 Å². The summed E-state index contributed by atoms with van der Waals surface area (Å²) in [6.07, 6.45) is 1.14. The molecule has 0 spiro atoms. The number of imidazole rings is 1. The first-order valence-electron chi connectivity index (χ1n) is 6.18. The van der Waals surface area contributed by atoms with E-state index in [0.717, 1.165) is 24.3 Å². The molecule has 5 nitrogen and oxygen atoms in total. The van der Waals surface area contributed by atoms with Gasteiger partial charge in [-0.1, -0.05) is 13.0 Å². The van der Waals surface area contributed by atoms with Crippen molar-refractivity contribution >= 4 is 16.9 Å². The van der Waals surface area contributed by atoms with Crippen LogP contribution in [0.25, 0.3) is 11.0 Å². The summed E-state index contributed by atoms with van der Waals surface area (Å²) in [6, 6.07) is 5.67. The molecule has 3 rings (SSSR count). The molecule has 18 heavy (non-hydrogen) atoms. The summed E-state index contributed by atoms with van der Waals surface area (Å²) in [4.78, 5) is 19.2. The van der Waals surface area contributed by atoms with Crippen LogP contribution in [0.15, 0.2) is 18.2 Å². The number of carbonyl (C=O) groups is 1. The van der Waals surface area contributed by atoms with Gasteiger partial charge >= 0.3 is 0 Å². The van der Waals surface area contributed by atoms with Crippen LogP contribution in [0.4, 0.5) is 0 Å². The van der Waals surface area contributed by atoms with Crippen molar-refractivity contribution in [2.75, 3.05) is 6.54 Å². The van der Waals surface area contributed by atoms with E-state index < -0.39 is 5.91 Å². The molecule has 0 aliphatic carbocycles. The summed E-state index contributed by atoms with van der Waals surface area (Å²) in [5.41, 5.74) is 7.36. The highest BCUT2D eigenvalue weighted by Crippen LogP contribution is 2.29. The number of aromatic nitrogens is 2. The number of aromatic amines is 1. The van der Waals surface area contributed by atoms with E-state index in [1.54, 1.807) is 6.07 Å². The first-order valence-corrected chi connectivity index (χ1v) is 6.18. The Labute approximate surface area is 105 Å². The van der Waals surface area contributed by atoms with Gasteiger partial charge in [-0.25, -0.2) is 4.98 Å². The minimum Gasteiger partial charge on any atom is -0.366 e. The number of hydrogen-bond donors (Lipinski definition) is 3. The maximum atomic E-state index is 11.4. The van der Waals surface area contributed by atoms with Gasteiger partial charge in [0.2, 0.25) is 0 Å². The first kappa shape index (κ1) is 11.2. The lowest BCUT2D eigenvalue weighted by Crippen LogP contribution is -2.17. The van der Waals surface area contributed by atoms with Crippen LogP contribution in [0.1, 0.15) is 35.6 Å². The van der Waals surface area contributed by atoms with Gasteiger partial charge in [-0.2, -0.15) is 0 Å². The zero-order valence-corrected chi connectivity index (χ0v) is 10.2. The highest BCUT2D eigenvalue weighted by Gasteiger charge is 2.27. The molecule has 2 unspecified atom stereocenters. The van der Waals surface area contributed by atoms with Gasteiger partial charge in [0.25, 0.3) is 5.91 Å². The quantitative estimate of drug-likeness (QED) is 0.745. The molecule has 0 radical (unpaired) electrons. The minimum atomic E-state index is -0.439. The SMILES string of the molecule is CC1CCNC1c1nc2c(C(N)=O)cccc2[nH]1. The van der Waals surface area contributed by atoms with Gasteiger partial charge < -0.3 is 16.0 Å². The second-order valence-corrected chi connectivity index (χ2v) is 4.89. The topological polar surface area (TPSA) is 83.8 Å². The minimum absolute atomic E-state index is 0.234. The smallest absolute Gasteiger partial charge is 0.250 e. The van der Waals surface area contributed by atoms with Crippen LogP contribution in [0.5, 0.6) is 0 Å². The maximum Gasteiger partial charge on any atom is 0.250 e. The zero-order valence-electron chi connectivity index (χ0n) is 10.2. The van der Waals surface area contributed by atoms with Gasteiger partial charge in [0.15, 0.2) is 0 Å². The Morgan fingerprint density at radius 3 is 3.00 bits per heavy atom. The highest BCUT2D eigenvalue weighted by atomic mass is 16.1. The Morgan fingerprint density at radius 1 is 1.50 bits per heavy atom. The molecule has 1 aromatic carbocycles. The van der Waals surface area contributed by atoms with E-state index in [-0.39, 0.29) is 6.04 Å². The van der Waals surface area contributed by atoms with Crippen LogP contribution in [0.2, 0.25) is 0 Å². The number of nitrogens with zero attached hydrogens (tertiary/aromatic N) is 1. The van der Waals surface area contributed by atoms with Crippen molar-refractivity contribution in [3.05, 3.63) is 29.6 Å². The van der Waals surface area contributed by atoms with E-state index in [4.69, 9.17) is 5.73 Å². The van der Waals surface area contributed by atoms with Gasteiger partial charge in [0.05, 0.1) is 17.1 Å². The monoisotopic (exact) mass is 244 g/mol. The Morgan fingerprint density at radius 2 is 2.33 bits per heavy atom. The average Bonchev–Trinajstić information content (AvgIpc) is 2.92. The molecular weight excluding hydrogens is 228 g/mol. The molecule has 1 aliphatic rings. The number of rotatable bonds is 2. The zero-order chi connectivity index (χ0) is 12.7. The number of carbonyl (C=O) groups excluding carboxylic acids is 1. The fourth-order valence-corrected chi connectivity index (χ4v) is 2.60. The van der Waals surface area contributed by atoms with Crippen LogP contribution < -0.4 is 11.1 Å². The van der Waals surface area contributed by atoms with Gasteiger partial charge in [-0.05, 0) is 31.0 Å². The lowest BCUT2D eigenvalue weighted by molar-refractivity contribution is 0.100. The van der Waals surface area contributed by atoms with E-state index in [2.05, 4.69) is 22.2 Å². The molecule has 1 fully saturated rings. The van der Waals surface area contributed by atoms with Crippen molar-refractivity contribution < 1.29 is 4.79 Å². The predicted molar refractivity (Wildman–Crippen MR) is 69.1 cm³/mol. The lowest BCUT2D eigenvalue weighted by atomic mass is 10.0. The number of hydrogen-bond acceptors (Lipinski definition) is 3. The number of primary amides is 1. The molecule has 0 saturated carbocycles. The average molecular weight is 244 g/mol. The van der Waals surface area contributed by atoms with Crippen LogP contribution in [-0.4, -0.2) is 22.4 Å². The molecule has 5 heteroatoms. The normalized spacial score (nSPS) is 23.6. The molecule has 2 heterocycles. The van der Waals surface area contributed by atoms with Gasteiger partial charge in [-0.3, -0.25) is 4.79 Å². The number of benzene rings is 1. The first-order chi connectivity index (χ1) is 8.66. The Kier molecular flexibility index (Phi) is 2.56. The third-order valence-corrected chi connectivity index (χ3v) is 3.62. The van der Waals surface area contributed by atoms with Crippen molar-refractivity contribution in [2.24, 2.45) is 11.7 Å². The molecule has 1 amide bonds. The molecule has 1 aromatic heterocycles. The number of nitrogens with one attached hydrogen (secondary N) is 2. The Bertz CT molecular complexity index is 604. The van der Waals surface area contributed by atoms with E-state index in [1.165, 1.54) is 0 Å². The van der Waals surface area contributed by atoms with Crippen LogP contribution in [0.3, 0.4) is 0 Å². The van der Waals surface area contributed by atoms with Crippen molar-refractivity contribution in [1.29, 1.82) is 0 Å². The standard InChI is InChI=1S/C13H16N4O/c1-7-5-6-15-10(7)13-16-9-4-2-3-8(12(14)18)11(9)17-13/h2-4,7,10,15H,5-6H2,1H3,(H2,14,18)(H,16,17). The second-order valence-electron chi connectivity index (χ2n) is 4.89. The summed E-state index contributed by atoms with van der Waals surface area (Å²) in [6.45, 7) is 3.21. The highest BCUT2D eigenvalue weighted by molar-refractivity contribution is 6.04. The molecule has 0 bridgehead atoms. The molecule has 1 saturated heterocycles. The molecular formula is C13H16N4O. The molecule has 4 N–H and O–H groups in total. The number of amides is 1. The lowest BCUT2D eigenvalue weighted by Gasteiger charge is -2.11. The maximum absolute atomic E-state index is 11.4. The van der Waals surface area contributed by atoms with Crippen molar-refractivity contribution in [3.63, 3.8) is 0 Å². The summed E-state index contributed by atoms with van der Waals surface area (Å²) < 4.78 is 0. The summed E-state index contributed by atoms with van der Waals surface area (Å²) >= 11 is 0. The van der Waals surface area contributed by atoms with Gasteiger partial charge in [0.1, 0.15) is 11.3 Å². The molecule has 2 aromatic rings. The van der Waals surface area contributed by atoms with Crippen molar-refractivity contribution in [1.82, 2.24) is 15.3 Å². The second kappa shape index (κ2) is 4.10. The third kappa shape index (κ3) is 1.67. The van der Waals surface area contributed by atoms with E-state index in [9.17, 15) is 4.79 Å². The summed E-state index contributed by atoms with van der Waals surface area (Å²) in [7, 11) is 0. The Hall–Kier alpha value is -1.88. The van der Waals surface area contributed by atoms with Crippen LogP contribution in [0, 0.1) is 5.92 Å². The van der Waals surface area contributed by atoms with Crippen molar-refractivity contribution in [3.8, 4) is 0 Å². The molecule has 1 aliphatic heterocycles. The predicted octanol–water partition coefficient (Wildman–Crippen LogP) is 1.33. The number of H-pyrrole nitrogens is 1. The van der Waals surface area contributed by atoms with E-state index >= 15 is 0 Å². The molecule has 2 atom stereocenters. The van der Waals surface area contributed by atoms with Gasteiger partial charge in [0, 0.05) is 0 Å². The number of fused-ring (bicyclic) bond motifs is 1. The van der Waals surface area contributed by atoms with E-state index in [0.29, 0.717) is 17.0 Å². The fourth-order valence-electron chi connectivity index (χ4n) is 2.60. The summed E-state index contributed by atoms with van der Waals surface area (Å²) in [5, 5.41) is 3.42. The largest absolute Gasteiger partial charge is 0.366 e. The Balaban J connectivity index is 2.11. The third-order valence-electron chi connectivity index (χ3n) is 3.62. The summed E-state index contributed by atoms with van der Waals surface area (Å²) in [5.74, 6) is 0.998. The fraction of sp³-hybridized carbons (Fsp3) is 0.385. The number of nitrogens with two attached hydrogens (primary N) is 1. The van der Waals surface area contributed by atoms with Crippen molar-refractivity contribution in [2.45, 2.75) is 19.4 Å². The van der Waals surface area contributed by atoms with Crippen LogP contribution >= 0.6 is 0 Å².